The summed E-state index contributed by atoms with van der Waals surface area (Å²) in [5.41, 5.74) is -2.82. The third-order valence-electron chi connectivity index (χ3n) is 2.09. The van der Waals surface area contributed by atoms with E-state index in [1.54, 1.807) is 0 Å². The number of nitro groups is 1. The van der Waals surface area contributed by atoms with E-state index in [0.717, 1.165) is 7.11 Å². The number of hydrogen-bond donors (Lipinski definition) is 0. The summed E-state index contributed by atoms with van der Waals surface area (Å²) < 4.78 is 34.8. The minimum absolute atomic E-state index is 0.0705. The molecular formula is C10H10F2N2O5. The van der Waals surface area contributed by atoms with Crippen LogP contribution in [0.3, 0.4) is 0 Å². The lowest BCUT2D eigenvalue weighted by Gasteiger charge is -2.08. The van der Waals surface area contributed by atoms with Gasteiger partial charge in [0.2, 0.25) is 11.6 Å². The number of aromatic nitrogens is 1. The Morgan fingerprint density at radius 3 is 2.63 bits per heavy atom. The van der Waals surface area contributed by atoms with Crippen LogP contribution in [0.2, 0.25) is 0 Å². The number of alkyl halides is 2. The van der Waals surface area contributed by atoms with Gasteiger partial charge < -0.3 is 9.47 Å². The fraction of sp³-hybridized carbons (Fsp3) is 0.400. The third-order valence-corrected chi connectivity index (χ3v) is 2.09. The normalized spacial score (nSPS) is 10.4. The van der Waals surface area contributed by atoms with Gasteiger partial charge in [0.1, 0.15) is 5.56 Å². The number of halogens is 2. The largest absolute Gasteiger partial charge is 0.481 e. The Balaban J connectivity index is 3.52. The molecule has 19 heavy (non-hydrogen) atoms. The van der Waals surface area contributed by atoms with Crippen molar-refractivity contribution in [1.29, 1.82) is 0 Å². The molecule has 0 saturated carbocycles. The summed E-state index contributed by atoms with van der Waals surface area (Å²) in [6.07, 6.45) is -3.15. The highest BCUT2D eigenvalue weighted by Gasteiger charge is 2.32. The molecule has 0 atom stereocenters. The first-order chi connectivity index (χ1) is 8.92. The van der Waals surface area contributed by atoms with Crippen LogP contribution in [0.15, 0.2) is 6.07 Å². The lowest BCUT2D eigenvalue weighted by molar-refractivity contribution is -0.386. The van der Waals surface area contributed by atoms with E-state index in [1.165, 1.54) is 6.92 Å². The Hall–Kier alpha value is -2.32. The summed E-state index contributed by atoms with van der Waals surface area (Å²) in [5.74, 6) is -1.49. The minimum atomic E-state index is -3.15. The second-order valence-corrected chi connectivity index (χ2v) is 3.23. The number of hydrogen-bond acceptors (Lipinski definition) is 6. The Morgan fingerprint density at radius 1 is 1.58 bits per heavy atom. The zero-order chi connectivity index (χ0) is 14.6. The molecule has 1 aromatic rings. The van der Waals surface area contributed by atoms with Crippen molar-refractivity contribution in [2.75, 3.05) is 13.7 Å². The van der Waals surface area contributed by atoms with Gasteiger partial charge in [0.15, 0.2) is 0 Å². The molecule has 0 radical (unpaired) electrons. The topological polar surface area (TPSA) is 91.6 Å². The van der Waals surface area contributed by atoms with Gasteiger partial charge >= 0.3 is 11.7 Å². The minimum Gasteiger partial charge on any atom is -0.481 e. The Bertz CT molecular complexity index is 507. The van der Waals surface area contributed by atoms with Crippen LogP contribution in [0.4, 0.5) is 14.5 Å². The lowest BCUT2D eigenvalue weighted by Crippen LogP contribution is -2.13. The van der Waals surface area contributed by atoms with E-state index in [4.69, 9.17) is 0 Å². The maximum Gasteiger partial charge on any atom is 0.364 e. The van der Waals surface area contributed by atoms with Crippen molar-refractivity contribution in [3.8, 4) is 5.88 Å². The summed E-state index contributed by atoms with van der Waals surface area (Å²) in [6.45, 7) is 1.40. The molecule has 0 unspecified atom stereocenters. The summed E-state index contributed by atoms with van der Waals surface area (Å²) in [5, 5.41) is 10.8. The Labute approximate surface area is 106 Å². The third kappa shape index (κ3) is 3.12. The van der Waals surface area contributed by atoms with Gasteiger partial charge in [-0.15, -0.1) is 0 Å². The molecule has 104 valence electrons. The van der Waals surface area contributed by atoms with Crippen molar-refractivity contribution < 1.29 is 28.0 Å². The molecular weight excluding hydrogens is 266 g/mol. The van der Waals surface area contributed by atoms with Gasteiger partial charge in [-0.2, -0.15) is 4.98 Å². The van der Waals surface area contributed by atoms with E-state index in [0.29, 0.717) is 6.07 Å². The van der Waals surface area contributed by atoms with Crippen LogP contribution in [-0.2, 0) is 4.74 Å². The fourth-order valence-corrected chi connectivity index (χ4v) is 1.34. The number of methoxy groups -OCH3 is 1. The Morgan fingerprint density at radius 2 is 2.21 bits per heavy atom. The van der Waals surface area contributed by atoms with Gasteiger partial charge in [0, 0.05) is 6.07 Å². The molecule has 0 N–H and O–H groups in total. The van der Waals surface area contributed by atoms with E-state index < -0.39 is 34.3 Å². The van der Waals surface area contributed by atoms with Crippen LogP contribution in [-0.4, -0.2) is 29.6 Å². The van der Waals surface area contributed by atoms with E-state index in [2.05, 4.69) is 14.5 Å². The molecule has 0 aliphatic carbocycles. The van der Waals surface area contributed by atoms with Crippen LogP contribution in [0.5, 0.6) is 5.88 Å². The van der Waals surface area contributed by atoms with E-state index in [-0.39, 0.29) is 12.5 Å². The van der Waals surface area contributed by atoms with E-state index >= 15 is 0 Å². The smallest absolute Gasteiger partial charge is 0.364 e. The number of nitrogens with zero attached hydrogens (tertiary/aromatic N) is 2. The number of rotatable bonds is 5. The molecule has 1 rings (SSSR count). The second-order valence-electron chi connectivity index (χ2n) is 3.23. The maximum absolute atomic E-state index is 12.8. The quantitative estimate of drug-likeness (QED) is 0.464. The summed E-state index contributed by atoms with van der Waals surface area (Å²) >= 11 is 0. The van der Waals surface area contributed by atoms with Crippen molar-refractivity contribution in [3.63, 3.8) is 0 Å². The summed E-state index contributed by atoms with van der Waals surface area (Å²) in [6, 6.07) is 0.714. The standard InChI is InChI=1S/C10H10F2N2O5/c1-3-19-10(15)7-8(14(16)17)5(9(11)12)4-6(13-7)18-2/h4,9H,3H2,1-2H3. The molecule has 0 aliphatic heterocycles. The Kier molecular flexibility index (Phi) is 4.67. The highest BCUT2D eigenvalue weighted by molar-refractivity contribution is 5.92. The van der Waals surface area contributed by atoms with Gasteiger partial charge in [-0.1, -0.05) is 0 Å². The first-order valence-corrected chi connectivity index (χ1v) is 5.10. The highest BCUT2D eigenvalue weighted by Crippen LogP contribution is 2.34. The van der Waals surface area contributed by atoms with Crippen molar-refractivity contribution in [2.45, 2.75) is 13.3 Å². The average molecular weight is 276 g/mol. The van der Waals surface area contributed by atoms with E-state index in [1.807, 2.05) is 0 Å². The van der Waals surface area contributed by atoms with Crippen LogP contribution < -0.4 is 4.74 Å². The van der Waals surface area contributed by atoms with Gasteiger partial charge in [0.05, 0.1) is 18.6 Å². The molecule has 7 nitrogen and oxygen atoms in total. The van der Waals surface area contributed by atoms with Gasteiger partial charge in [-0.25, -0.2) is 13.6 Å². The number of carbonyl (C=O) groups is 1. The molecule has 0 spiro atoms. The lowest BCUT2D eigenvalue weighted by atomic mass is 10.1. The second kappa shape index (κ2) is 6.03. The molecule has 0 aromatic carbocycles. The van der Waals surface area contributed by atoms with Gasteiger partial charge in [-0.3, -0.25) is 10.1 Å². The van der Waals surface area contributed by atoms with Gasteiger partial charge in [-0.05, 0) is 6.92 Å². The number of esters is 1. The maximum atomic E-state index is 12.8. The van der Waals surface area contributed by atoms with Crippen molar-refractivity contribution >= 4 is 11.7 Å². The number of ether oxygens (including phenoxy) is 2. The summed E-state index contributed by atoms with van der Waals surface area (Å²) in [4.78, 5) is 24.8. The highest BCUT2D eigenvalue weighted by atomic mass is 19.3. The van der Waals surface area contributed by atoms with Crippen LogP contribution in [0.25, 0.3) is 0 Å². The van der Waals surface area contributed by atoms with Crippen LogP contribution in [0.1, 0.15) is 29.4 Å². The van der Waals surface area contributed by atoms with Crippen molar-refractivity contribution in [2.24, 2.45) is 0 Å². The van der Waals surface area contributed by atoms with E-state index in [9.17, 15) is 23.7 Å². The van der Waals surface area contributed by atoms with Crippen LogP contribution >= 0.6 is 0 Å². The van der Waals surface area contributed by atoms with Crippen LogP contribution in [0, 0.1) is 10.1 Å². The molecule has 0 bridgehead atoms. The molecule has 0 fully saturated rings. The zero-order valence-electron chi connectivity index (χ0n) is 10.1. The van der Waals surface area contributed by atoms with Gasteiger partial charge in [0.25, 0.3) is 6.43 Å². The first kappa shape index (κ1) is 14.7. The zero-order valence-corrected chi connectivity index (χ0v) is 10.1. The van der Waals surface area contributed by atoms with Crippen molar-refractivity contribution in [3.05, 3.63) is 27.4 Å². The summed E-state index contributed by atoms with van der Waals surface area (Å²) in [7, 11) is 1.14. The predicted molar refractivity (Wildman–Crippen MR) is 58.4 cm³/mol. The molecule has 1 heterocycles. The SMILES string of the molecule is CCOC(=O)c1nc(OC)cc(C(F)F)c1[N+](=O)[O-]. The average Bonchev–Trinajstić information content (AvgIpc) is 2.37. The molecule has 1 aromatic heterocycles. The molecule has 0 amide bonds. The number of carbonyl (C=O) groups excluding carboxylic acids is 1. The number of pyridine rings is 1. The first-order valence-electron chi connectivity index (χ1n) is 5.10. The van der Waals surface area contributed by atoms with Crippen molar-refractivity contribution in [1.82, 2.24) is 4.98 Å². The monoisotopic (exact) mass is 276 g/mol. The fourth-order valence-electron chi connectivity index (χ4n) is 1.34. The molecule has 0 aliphatic rings. The predicted octanol–water partition coefficient (Wildman–Crippen LogP) is 2.11. The molecule has 9 heteroatoms. The molecule has 0 saturated heterocycles.